The van der Waals surface area contributed by atoms with E-state index in [1.165, 1.54) is 12.8 Å². The van der Waals surface area contributed by atoms with Crippen LogP contribution in [0, 0.1) is 0 Å². The summed E-state index contributed by atoms with van der Waals surface area (Å²) in [5, 5.41) is 2.87. The molecule has 1 atom stereocenters. The minimum absolute atomic E-state index is 0.0302. The summed E-state index contributed by atoms with van der Waals surface area (Å²) in [6.45, 7) is 6.88. The third kappa shape index (κ3) is 3.72. The van der Waals surface area contributed by atoms with E-state index in [1.807, 2.05) is 0 Å². The van der Waals surface area contributed by atoms with Crippen LogP contribution in [0.4, 0.5) is 0 Å². The van der Waals surface area contributed by atoms with Gasteiger partial charge in [-0.1, -0.05) is 6.08 Å². The lowest BCUT2D eigenvalue weighted by molar-refractivity contribution is -0.119. The molecule has 0 aliphatic carbocycles. The van der Waals surface area contributed by atoms with Crippen molar-refractivity contribution in [3.8, 4) is 0 Å². The van der Waals surface area contributed by atoms with Crippen LogP contribution < -0.4 is 5.32 Å². The number of nitrogens with zero attached hydrogens (tertiary/aromatic N) is 1. The second kappa shape index (κ2) is 6.09. The Hall–Kier alpha value is -0.480. The fraction of sp³-hybridized carbons (Fsp3) is 0.700. The first-order valence-electron chi connectivity index (χ1n) is 5.01. The maximum atomic E-state index is 11.1. The Morgan fingerprint density at radius 1 is 1.57 bits per heavy atom. The van der Waals surface area contributed by atoms with Crippen LogP contribution in [0.5, 0.6) is 0 Å². The van der Waals surface area contributed by atoms with E-state index in [9.17, 15) is 4.79 Å². The van der Waals surface area contributed by atoms with Crippen LogP contribution in [-0.2, 0) is 4.79 Å². The summed E-state index contributed by atoms with van der Waals surface area (Å²) in [5.74, 6) is 0.210. The van der Waals surface area contributed by atoms with Gasteiger partial charge in [-0.2, -0.15) is 12.6 Å². The Kier molecular flexibility index (Phi) is 5.04. The Morgan fingerprint density at radius 3 is 2.71 bits per heavy atom. The Morgan fingerprint density at radius 2 is 2.21 bits per heavy atom. The average molecular weight is 214 g/mol. The molecule has 1 aliphatic rings. The molecule has 0 aromatic rings. The highest BCUT2D eigenvalue weighted by Crippen LogP contribution is 2.07. The van der Waals surface area contributed by atoms with E-state index in [2.05, 4.69) is 29.4 Å². The fourth-order valence-electron chi connectivity index (χ4n) is 1.67. The van der Waals surface area contributed by atoms with Gasteiger partial charge in [0, 0.05) is 6.54 Å². The van der Waals surface area contributed by atoms with E-state index in [0.717, 1.165) is 19.6 Å². The molecule has 0 bridgehead atoms. The summed E-state index contributed by atoms with van der Waals surface area (Å²) in [7, 11) is 0. The van der Waals surface area contributed by atoms with Gasteiger partial charge in [0.15, 0.2) is 0 Å². The van der Waals surface area contributed by atoms with Gasteiger partial charge in [0.25, 0.3) is 0 Å². The molecule has 3 nitrogen and oxygen atoms in total. The van der Waals surface area contributed by atoms with Crippen LogP contribution in [-0.4, -0.2) is 42.2 Å². The highest BCUT2D eigenvalue weighted by atomic mass is 32.1. The number of hydrogen-bond acceptors (Lipinski definition) is 3. The Labute approximate surface area is 91.0 Å². The normalized spacial score (nSPS) is 19.2. The third-order valence-corrected chi connectivity index (χ3v) is 2.72. The molecule has 0 aromatic heterocycles. The fourth-order valence-corrected chi connectivity index (χ4v) is 1.77. The average Bonchev–Trinajstić information content (AvgIpc) is 2.69. The van der Waals surface area contributed by atoms with Gasteiger partial charge >= 0.3 is 0 Å². The highest BCUT2D eigenvalue weighted by Gasteiger charge is 2.16. The van der Waals surface area contributed by atoms with Crippen LogP contribution in [0.3, 0.4) is 0 Å². The molecule has 0 saturated carbocycles. The number of carbonyl (C=O) groups is 1. The maximum absolute atomic E-state index is 11.1. The molecule has 1 saturated heterocycles. The molecule has 14 heavy (non-hydrogen) atoms. The molecule has 1 amide bonds. The maximum Gasteiger partial charge on any atom is 0.230 e. The van der Waals surface area contributed by atoms with Crippen LogP contribution >= 0.6 is 12.6 Å². The molecule has 1 heterocycles. The number of likely N-dealkylation sites (tertiary alicyclic amines) is 1. The first kappa shape index (κ1) is 11.6. The van der Waals surface area contributed by atoms with Crippen molar-refractivity contribution in [2.24, 2.45) is 0 Å². The third-order valence-electron chi connectivity index (χ3n) is 2.43. The Balaban J connectivity index is 2.30. The number of nitrogens with one attached hydrogen (secondary N) is 1. The van der Waals surface area contributed by atoms with Crippen LogP contribution in [0.25, 0.3) is 0 Å². The number of rotatable bonds is 5. The highest BCUT2D eigenvalue weighted by molar-refractivity contribution is 7.81. The molecule has 1 aliphatic heterocycles. The first-order valence-corrected chi connectivity index (χ1v) is 5.64. The summed E-state index contributed by atoms with van der Waals surface area (Å²) in [4.78, 5) is 13.5. The van der Waals surface area contributed by atoms with Crippen molar-refractivity contribution in [3.63, 3.8) is 0 Å². The van der Waals surface area contributed by atoms with Crippen molar-refractivity contribution in [2.75, 3.05) is 25.4 Å². The molecule has 1 fully saturated rings. The van der Waals surface area contributed by atoms with Crippen LogP contribution in [0.2, 0.25) is 0 Å². The summed E-state index contributed by atoms with van der Waals surface area (Å²) in [6.07, 6.45) is 4.33. The van der Waals surface area contributed by atoms with E-state index in [-0.39, 0.29) is 17.7 Å². The SMILES string of the molecule is C=CC(CN1CCCC1)NC(=O)CS. The van der Waals surface area contributed by atoms with Gasteiger partial charge < -0.3 is 10.2 Å². The molecular weight excluding hydrogens is 196 g/mol. The summed E-state index contributed by atoms with van der Waals surface area (Å²) < 4.78 is 0. The lowest BCUT2D eigenvalue weighted by atomic mass is 10.2. The molecular formula is C10H18N2OS. The molecule has 0 radical (unpaired) electrons. The smallest absolute Gasteiger partial charge is 0.230 e. The molecule has 1 N–H and O–H groups in total. The Bertz CT molecular complexity index is 202. The quantitative estimate of drug-likeness (QED) is 0.521. The van der Waals surface area contributed by atoms with Gasteiger partial charge in [-0.15, -0.1) is 6.58 Å². The van der Waals surface area contributed by atoms with E-state index in [4.69, 9.17) is 0 Å². The zero-order valence-corrected chi connectivity index (χ0v) is 9.30. The molecule has 80 valence electrons. The van der Waals surface area contributed by atoms with Gasteiger partial charge in [-0.3, -0.25) is 4.79 Å². The second-order valence-corrected chi connectivity index (χ2v) is 3.89. The van der Waals surface area contributed by atoms with Crippen molar-refractivity contribution in [1.82, 2.24) is 10.2 Å². The number of carbonyl (C=O) groups excluding carboxylic acids is 1. The summed E-state index contributed by atoms with van der Waals surface area (Å²) in [5.41, 5.74) is 0. The second-order valence-electron chi connectivity index (χ2n) is 3.58. The van der Waals surface area contributed by atoms with Crippen molar-refractivity contribution in [3.05, 3.63) is 12.7 Å². The lowest BCUT2D eigenvalue weighted by Crippen LogP contribution is -2.42. The van der Waals surface area contributed by atoms with E-state index < -0.39 is 0 Å². The summed E-state index contributed by atoms with van der Waals surface area (Å²) >= 11 is 3.92. The molecule has 0 spiro atoms. The van der Waals surface area contributed by atoms with Crippen LogP contribution in [0.15, 0.2) is 12.7 Å². The monoisotopic (exact) mass is 214 g/mol. The van der Waals surface area contributed by atoms with Crippen molar-refractivity contribution in [2.45, 2.75) is 18.9 Å². The topological polar surface area (TPSA) is 32.3 Å². The van der Waals surface area contributed by atoms with E-state index in [0.29, 0.717) is 0 Å². The largest absolute Gasteiger partial charge is 0.348 e. The van der Waals surface area contributed by atoms with E-state index >= 15 is 0 Å². The number of hydrogen-bond donors (Lipinski definition) is 2. The summed E-state index contributed by atoms with van der Waals surface area (Å²) in [6, 6.07) is 0.0627. The van der Waals surface area contributed by atoms with Gasteiger partial charge in [-0.05, 0) is 25.9 Å². The predicted octanol–water partition coefficient (Wildman–Crippen LogP) is 0.683. The van der Waals surface area contributed by atoms with Gasteiger partial charge in [0.05, 0.1) is 11.8 Å². The first-order chi connectivity index (χ1) is 6.76. The van der Waals surface area contributed by atoms with Crippen molar-refractivity contribution < 1.29 is 4.79 Å². The zero-order valence-electron chi connectivity index (χ0n) is 8.41. The molecule has 4 heteroatoms. The minimum Gasteiger partial charge on any atom is -0.348 e. The van der Waals surface area contributed by atoms with Gasteiger partial charge in [-0.25, -0.2) is 0 Å². The zero-order chi connectivity index (χ0) is 10.4. The molecule has 1 rings (SSSR count). The van der Waals surface area contributed by atoms with Gasteiger partial charge in [0.2, 0.25) is 5.91 Å². The van der Waals surface area contributed by atoms with Gasteiger partial charge in [0.1, 0.15) is 0 Å². The predicted molar refractivity (Wildman–Crippen MR) is 61.7 cm³/mol. The van der Waals surface area contributed by atoms with Crippen molar-refractivity contribution >= 4 is 18.5 Å². The van der Waals surface area contributed by atoms with Crippen molar-refractivity contribution in [1.29, 1.82) is 0 Å². The number of amides is 1. The molecule has 0 aromatic carbocycles. The molecule has 1 unspecified atom stereocenters. The lowest BCUT2D eigenvalue weighted by Gasteiger charge is -2.21. The number of thiol groups is 1. The standard InChI is InChI=1S/C10H18N2OS/c1-2-9(11-10(13)8-14)7-12-5-3-4-6-12/h2,9,14H,1,3-8H2,(H,11,13). The van der Waals surface area contributed by atoms with Crippen LogP contribution in [0.1, 0.15) is 12.8 Å². The minimum atomic E-state index is -0.0302. The van der Waals surface area contributed by atoms with E-state index in [1.54, 1.807) is 6.08 Å².